The molecule has 0 bridgehead atoms. The lowest BCUT2D eigenvalue weighted by Gasteiger charge is -2.16. The van der Waals surface area contributed by atoms with Crippen molar-refractivity contribution in [1.29, 1.82) is 0 Å². The van der Waals surface area contributed by atoms with Gasteiger partial charge in [0.25, 0.3) is 5.91 Å². The van der Waals surface area contributed by atoms with Crippen LogP contribution in [-0.4, -0.2) is 28.0 Å². The van der Waals surface area contributed by atoms with Crippen molar-refractivity contribution in [3.05, 3.63) is 71.1 Å². The zero-order valence-corrected chi connectivity index (χ0v) is 14.0. The summed E-state index contributed by atoms with van der Waals surface area (Å²) in [4.78, 5) is 18.5. The van der Waals surface area contributed by atoms with E-state index < -0.39 is 0 Å². The third-order valence-corrected chi connectivity index (χ3v) is 3.87. The van der Waals surface area contributed by atoms with Crippen molar-refractivity contribution >= 4 is 5.91 Å². The molecule has 5 heteroatoms. The largest absolute Gasteiger partial charge is 0.337 e. The molecule has 24 heavy (non-hydrogen) atoms. The highest BCUT2D eigenvalue weighted by Crippen LogP contribution is 2.17. The average Bonchev–Trinajstić information content (AvgIpc) is 3.04. The van der Waals surface area contributed by atoms with E-state index in [4.69, 9.17) is 4.52 Å². The first kappa shape index (κ1) is 15.9. The predicted molar refractivity (Wildman–Crippen MR) is 91.4 cm³/mol. The van der Waals surface area contributed by atoms with Crippen LogP contribution in [0.2, 0.25) is 0 Å². The van der Waals surface area contributed by atoms with Crippen molar-refractivity contribution in [3.8, 4) is 11.4 Å². The monoisotopic (exact) mass is 321 g/mol. The van der Waals surface area contributed by atoms with Crippen molar-refractivity contribution in [2.45, 2.75) is 20.4 Å². The number of nitrogens with zero attached hydrogens (tertiary/aromatic N) is 3. The maximum atomic E-state index is 12.5. The van der Waals surface area contributed by atoms with E-state index in [9.17, 15) is 4.79 Å². The number of hydrogen-bond donors (Lipinski definition) is 0. The number of carbonyl (C=O) groups excluding carboxylic acids is 1. The van der Waals surface area contributed by atoms with Crippen molar-refractivity contribution in [3.63, 3.8) is 0 Å². The van der Waals surface area contributed by atoms with Crippen LogP contribution in [0.4, 0.5) is 0 Å². The van der Waals surface area contributed by atoms with Gasteiger partial charge in [-0.15, -0.1) is 0 Å². The van der Waals surface area contributed by atoms with Gasteiger partial charge in [0, 0.05) is 18.2 Å². The van der Waals surface area contributed by atoms with E-state index in [1.54, 1.807) is 11.9 Å². The first-order valence-electron chi connectivity index (χ1n) is 7.75. The Labute approximate surface area is 140 Å². The third-order valence-electron chi connectivity index (χ3n) is 3.87. The van der Waals surface area contributed by atoms with Gasteiger partial charge in [0.15, 0.2) is 0 Å². The van der Waals surface area contributed by atoms with Crippen LogP contribution < -0.4 is 0 Å². The highest BCUT2D eigenvalue weighted by Gasteiger charge is 2.17. The molecule has 122 valence electrons. The summed E-state index contributed by atoms with van der Waals surface area (Å²) in [5.74, 6) is 0.875. The molecule has 0 aliphatic rings. The number of amides is 1. The molecular weight excluding hydrogens is 302 g/mol. The summed E-state index contributed by atoms with van der Waals surface area (Å²) in [6, 6.07) is 15.4. The van der Waals surface area contributed by atoms with Gasteiger partial charge < -0.3 is 9.42 Å². The van der Waals surface area contributed by atoms with E-state index in [-0.39, 0.29) is 12.5 Å². The van der Waals surface area contributed by atoms with Gasteiger partial charge in [-0.1, -0.05) is 53.2 Å². The van der Waals surface area contributed by atoms with E-state index >= 15 is 0 Å². The van der Waals surface area contributed by atoms with Crippen LogP contribution in [0.1, 0.15) is 27.4 Å². The standard InChI is InChI=1S/C19H19N3O2/c1-13-8-10-15(11-9-13)18-20-17(24-21-18)12-22(3)19(23)16-7-5-4-6-14(16)2/h4-11H,12H2,1-3H3. The minimum absolute atomic E-state index is 0.0665. The van der Waals surface area contributed by atoms with Crippen molar-refractivity contribution in [1.82, 2.24) is 15.0 Å². The zero-order valence-electron chi connectivity index (χ0n) is 14.0. The van der Waals surface area contributed by atoms with Gasteiger partial charge in [0.1, 0.15) is 0 Å². The first-order chi connectivity index (χ1) is 11.5. The highest BCUT2D eigenvalue weighted by atomic mass is 16.5. The van der Waals surface area contributed by atoms with Crippen molar-refractivity contribution in [2.24, 2.45) is 0 Å². The number of carbonyl (C=O) groups is 1. The summed E-state index contributed by atoms with van der Waals surface area (Å²) < 4.78 is 5.28. The van der Waals surface area contributed by atoms with Gasteiger partial charge in [-0.2, -0.15) is 4.98 Å². The van der Waals surface area contributed by atoms with Gasteiger partial charge >= 0.3 is 0 Å². The SMILES string of the molecule is Cc1ccc(-c2noc(CN(C)C(=O)c3ccccc3C)n2)cc1. The van der Waals surface area contributed by atoms with Crippen LogP contribution in [0.5, 0.6) is 0 Å². The molecule has 1 aromatic heterocycles. The van der Waals surface area contributed by atoms with Crippen molar-refractivity contribution in [2.75, 3.05) is 7.05 Å². The quantitative estimate of drug-likeness (QED) is 0.736. The van der Waals surface area contributed by atoms with Crippen LogP contribution in [0.15, 0.2) is 53.1 Å². The number of aromatic nitrogens is 2. The van der Waals surface area contributed by atoms with Crippen LogP contribution in [0.25, 0.3) is 11.4 Å². The van der Waals surface area contributed by atoms with E-state index in [1.165, 1.54) is 5.56 Å². The second kappa shape index (κ2) is 6.66. The molecular formula is C19H19N3O2. The molecule has 0 saturated heterocycles. The Bertz CT molecular complexity index is 853. The fraction of sp³-hybridized carbons (Fsp3) is 0.211. The average molecular weight is 321 g/mol. The zero-order chi connectivity index (χ0) is 17.1. The fourth-order valence-electron chi connectivity index (χ4n) is 2.43. The molecule has 3 rings (SSSR count). The molecule has 5 nitrogen and oxygen atoms in total. The van der Waals surface area contributed by atoms with Crippen LogP contribution >= 0.6 is 0 Å². The molecule has 1 amide bonds. The summed E-state index contributed by atoms with van der Waals surface area (Å²) in [5, 5.41) is 3.99. The predicted octanol–water partition coefficient (Wildman–Crippen LogP) is 3.63. The summed E-state index contributed by atoms with van der Waals surface area (Å²) in [7, 11) is 1.73. The minimum atomic E-state index is -0.0665. The second-order valence-corrected chi connectivity index (χ2v) is 5.85. The van der Waals surface area contributed by atoms with Crippen LogP contribution in [0.3, 0.4) is 0 Å². The molecule has 0 aliphatic heterocycles. The topological polar surface area (TPSA) is 59.2 Å². The maximum Gasteiger partial charge on any atom is 0.254 e. The summed E-state index contributed by atoms with van der Waals surface area (Å²) in [6.45, 7) is 4.22. The second-order valence-electron chi connectivity index (χ2n) is 5.85. The molecule has 0 aliphatic carbocycles. The normalized spacial score (nSPS) is 10.6. The van der Waals surface area contributed by atoms with Gasteiger partial charge in [-0.05, 0) is 25.5 Å². The molecule has 0 unspecified atom stereocenters. The van der Waals surface area contributed by atoms with Gasteiger partial charge in [-0.25, -0.2) is 0 Å². The van der Waals surface area contributed by atoms with Crippen LogP contribution in [-0.2, 0) is 6.54 Å². The Morgan fingerprint density at radius 2 is 1.79 bits per heavy atom. The molecule has 2 aromatic carbocycles. The number of aryl methyl sites for hydroxylation is 2. The molecule has 1 heterocycles. The number of hydrogen-bond acceptors (Lipinski definition) is 4. The number of benzene rings is 2. The molecule has 0 spiro atoms. The fourth-order valence-corrected chi connectivity index (χ4v) is 2.43. The van der Waals surface area contributed by atoms with Crippen LogP contribution in [0, 0.1) is 13.8 Å². The Hall–Kier alpha value is -2.95. The first-order valence-corrected chi connectivity index (χ1v) is 7.75. The lowest BCUT2D eigenvalue weighted by molar-refractivity contribution is 0.0769. The van der Waals surface area contributed by atoms with E-state index in [2.05, 4.69) is 10.1 Å². The highest BCUT2D eigenvalue weighted by molar-refractivity contribution is 5.95. The Morgan fingerprint density at radius 1 is 1.08 bits per heavy atom. The van der Waals surface area contributed by atoms with E-state index in [0.717, 1.165) is 11.1 Å². The molecule has 0 fully saturated rings. The van der Waals surface area contributed by atoms with Gasteiger partial charge in [0.05, 0.1) is 6.54 Å². The minimum Gasteiger partial charge on any atom is -0.337 e. The molecule has 0 atom stereocenters. The summed E-state index contributed by atoms with van der Waals surface area (Å²) in [6.07, 6.45) is 0. The summed E-state index contributed by atoms with van der Waals surface area (Å²) >= 11 is 0. The maximum absolute atomic E-state index is 12.5. The number of rotatable bonds is 4. The van der Waals surface area contributed by atoms with Gasteiger partial charge in [0.2, 0.25) is 11.7 Å². The Kier molecular flexibility index (Phi) is 4.42. The Morgan fingerprint density at radius 3 is 2.50 bits per heavy atom. The van der Waals surface area contributed by atoms with E-state index in [0.29, 0.717) is 17.3 Å². The lowest BCUT2D eigenvalue weighted by atomic mass is 10.1. The van der Waals surface area contributed by atoms with Gasteiger partial charge in [-0.3, -0.25) is 4.79 Å². The molecule has 3 aromatic rings. The molecule has 0 radical (unpaired) electrons. The Balaban J connectivity index is 1.73. The molecule has 0 N–H and O–H groups in total. The lowest BCUT2D eigenvalue weighted by Crippen LogP contribution is -2.27. The smallest absolute Gasteiger partial charge is 0.254 e. The van der Waals surface area contributed by atoms with Crippen molar-refractivity contribution < 1.29 is 9.32 Å². The molecule has 0 saturated carbocycles. The van der Waals surface area contributed by atoms with E-state index in [1.807, 2.05) is 62.4 Å². The third kappa shape index (κ3) is 3.35. The summed E-state index contributed by atoms with van der Waals surface area (Å²) in [5.41, 5.74) is 3.69.